The third-order valence-electron chi connectivity index (χ3n) is 0.0617. The third-order valence-corrected chi connectivity index (χ3v) is 0.185. The van der Waals surface area contributed by atoms with Crippen LogP contribution in [-0.2, 0) is 4.73 Å². The van der Waals surface area contributed by atoms with E-state index in [0.29, 0.717) is 0 Å². The van der Waals surface area contributed by atoms with Crippen LogP contribution in [0.3, 0.4) is 0 Å². The Labute approximate surface area is 93.4 Å². The number of halogens is 1. The van der Waals surface area contributed by atoms with Crippen LogP contribution in [0.1, 0.15) is 0 Å². The average Bonchev–Trinajstić information content (AvgIpc) is 1.38. The molecule has 38 valence electrons. The maximum absolute atomic E-state index is 10.1. The van der Waals surface area contributed by atoms with E-state index in [9.17, 15) is 4.53 Å². The van der Waals surface area contributed by atoms with Gasteiger partial charge in [-0.2, -0.15) is 0 Å². The molecule has 0 radical (unpaired) electrons. The predicted octanol–water partition coefficient (Wildman–Crippen LogP) is -1.47. The molecule has 7 heavy (non-hydrogen) atoms. The summed E-state index contributed by atoms with van der Waals surface area (Å²) in [6, 6.07) is 0. The number of hydrogen-bond acceptors (Lipinski definition) is 3. The molecule has 0 aromatic carbocycles. The molecular formula is H5CaFNaO3P. The number of hydrogen-bond donors (Lipinski definition) is 2. The van der Waals surface area contributed by atoms with Gasteiger partial charge in [0.2, 0.25) is 0 Å². The van der Waals surface area contributed by atoms with Crippen molar-refractivity contribution in [3.63, 3.8) is 0 Å². The van der Waals surface area contributed by atoms with Crippen molar-refractivity contribution in [3.05, 3.63) is 0 Å². The van der Waals surface area contributed by atoms with Gasteiger partial charge in [0.1, 0.15) is 0 Å². The summed E-state index contributed by atoms with van der Waals surface area (Å²) in [7, 11) is -2.76. The van der Waals surface area contributed by atoms with Gasteiger partial charge in [-0.15, -0.1) is 4.73 Å². The van der Waals surface area contributed by atoms with Crippen molar-refractivity contribution in [2.45, 2.75) is 0 Å². The van der Waals surface area contributed by atoms with E-state index in [2.05, 4.69) is 4.73 Å². The normalized spacial score (nSPS) is 6.86. The molecule has 3 nitrogen and oxygen atoms in total. The zero-order valence-corrected chi connectivity index (χ0v) is 3.02. The van der Waals surface area contributed by atoms with Crippen molar-refractivity contribution < 1.29 is 19.0 Å². The van der Waals surface area contributed by atoms with Crippen LogP contribution in [-0.4, -0.2) is 77.1 Å². The van der Waals surface area contributed by atoms with E-state index in [1.165, 1.54) is 0 Å². The molecule has 0 aliphatic rings. The molecule has 0 bridgehead atoms. The van der Waals surface area contributed by atoms with Crippen LogP contribution >= 0.6 is 8.60 Å². The Kier molecular flexibility index (Phi) is 26.3. The van der Waals surface area contributed by atoms with Crippen LogP contribution in [0.15, 0.2) is 0 Å². The Morgan fingerprint density at radius 3 is 1.57 bits per heavy atom. The molecule has 0 aliphatic carbocycles. The summed E-state index contributed by atoms with van der Waals surface area (Å²) in [6.07, 6.45) is 0. The van der Waals surface area contributed by atoms with E-state index in [-0.39, 0.29) is 67.3 Å². The summed E-state index contributed by atoms with van der Waals surface area (Å²) in [6.45, 7) is 0. The van der Waals surface area contributed by atoms with Gasteiger partial charge in [-0.25, -0.2) is 0 Å². The standard InChI is InChI=1S/Ca.FH2O3P.Na.3H/c;1-4-5(2)3;;;;/h;2-3H;;;;. The Morgan fingerprint density at radius 2 is 1.57 bits per heavy atom. The van der Waals surface area contributed by atoms with Crippen molar-refractivity contribution in [1.29, 1.82) is 0 Å². The van der Waals surface area contributed by atoms with Gasteiger partial charge in [0.25, 0.3) is 0 Å². The van der Waals surface area contributed by atoms with Gasteiger partial charge in [0.15, 0.2) is 0 Å². The molecule has 0 aromatic heterocycles. The molecule has 0 aromatic rings. The third kappa shape index (κ3) is 17.7. The molecule has 0 rings (SSSR count). The first kappa shape index (κ1) is 16.2. The van der Waals surface area contributed by atoms with Crippen molar-refractivity contribution in [3.8, 4) is 0 Å². The summed E-state index contributed by atoms with van der Waals surface area (Å²) in [5.74, 6) is 0. The van der Waals surface area contributed by atoms with Gasteiger partial charge in [-0.3, -0.25) is 0 Å². The quantitative estimate of drug-likeness (QED) is 0.369. The zero-order valence-electron chi connectivity index (χ0n) is 2.13. The van der Waals surface area contributed by atoms with Gasteiger partial charge >= 0.3 is 75.9 Å². The summed E-state index contributed by atoms with van der Waals surface area (Å²) in [5, 5.41) is 0. The van der Waals surface area contributed by atoms with E-state index in [0.717, 1.165) is 0 Å². The Bertz CT molecular complexity index is 28.9. The fourth-order valence-corrected chi connectivity index (χ4v) is 0. The molecule has 7 heteroatoms. The average molecular weight is 166 g/mol. The van der Waals surface area contributed by atoms with Crippen molar-refractivity contribution in [2.75, 3.05) is 0 Å². The molecule has 2 N–H and O–H groups in total. The molecule has 0 fully saturated rings. The van der Waals surface area contributed by atoms with E-state index in [4.69, 9.17) is 9.79 Å². The van der Waals surface area contributed by atoms with E-state index in [1.807, 2.05) is 0 Å². The minimum absolute atomic E-state index is 0. The number of rotatable bonds is 1. The van der Waals surface area contributed by atoms with Gasteiger partial charge < -0.3 is 9.79 Å². The molecule has 0 atom stereocenters. The van der Waals surface area contributed by atoms with Gasteiger partial charge in [0, 0.05) is 0 Å². The topological polar surface area (TPSA) is 49.7 Å². The van der Waals surface area contributed by atoms with E-state index >= 15 is 0 Å². The van der Waals surface area contributed by atoms with Crippen LogP contribution in [0.4, 0.5) is 4.53 Å². The SMILES string of the molecule is OP(O)OF.[CaH2].[NaH]. The monoisotopic (exact) mass is 166 g/mol. The molecule has 0 saturated heterocycles. The van der Waals surface area contributed by atoms with Crippen molar-refractivity contribution in [2.24, 2.45) is 0 Å². The fourth-order valence-electron chi connectivity index (χ4n) is 0. The van der Waals surface area contributed by atoms with Gasteiger partial charge in [-0.05, 0) is 4.53 Å². The van der Waals surface area contributed by atoms with Crippen LogP contribution in [0.25, 0.3) is 0 Å². The maximum atomic E-state index is 10.1. The second-order valence-corrected chi connectivity index (χ2v) is 0.965. The zero-order chi connectivity index (χ0) is 4.28. The van der Waals surface area contributed by atoms with Crippen LogP contribution in [0.5, 0.6) is 0 Å². The second-order valence-electron chi connectivity index (χ2n) is 0.322. The van der Waals surface area contributed by atoms with Gasteiger partial charge in [0.05, 0.1) is 0 Å². The van der Waals surface area contributed by atoms with Crippen LogP contribution < -0.4 is 0 Å². The summed E-state index contributed by atoms with van der Waals surface area (Å²) in [5.41, 5.74) is 0. The first-order chi connectivity index (χ1) is 2.27. The predicted molar refractivity (Wildman–Crippen MR) is 29.2 cm³/mol. The van der Waals surface area contributed by atoms with Gasteiger partial charge in [-0.1, -0.05) is 0 Å². The minimum atomic E-state index is -2.76. The molecule has 0 amide bonds. The Hall–Kier alpha value is 2.50. The molecule has 0 unspecified atom stereocenters. The second kappa shape index (κ2) is 11.3. The van der Waals surface area contributed by atoms with E-state index < -0.39 is 8.60 Å². The fraction of sp³-hybridized carbons (Fsp3) is 0. The van der Waals surface area contributed by atoms with Crippen LogP contribution in [0.2, 0.25) is 0 Å². The first-order valence-corrected chi connectivity index (χ1v) is 1.90. The van der Waals surface area contributed by atoms with E-state index in [1.54, 1.807) is 0 Å². The van der Waals surface area contributed by atoms with Crippen molar-refractivity contribution in [1.82, 2.24) is 0 Å². The molecule has 0 heterocycles. The summed E-state index contributed by atoms with van der Waals surface area (Å²) in [4.78, 5) is 14.8. The first-order valence-electron chi connectivity index (χ1n) is 0.737. The molecular weight excluding hydrogens is 161 g/mol. The van der Waals surface area contributed by atoms with Crippen molar-refractivity contribution >= 4 is 75.9 Å². The van der Waals surface area contributed by atoms with Crippen LogP contribution in [0, 0.1) is 0 Å². The summed E-state index contributed by atoms with van der Waals surface area (Å²) < 4.78 is 12.6. The Balaban J connectivity index is -0.0000000800. The molecule has 0 spiro atoms. The molecule has 0 aliphatic heterocycles. The summed E-state index contributed by atoms with van der Waals surface area (Å²) >= 11 is 0. The Morgan fingerprint density at radius 1 is 1.43 bits per heavy atom. The molecule has 0 saturated carbocycles.